The quantitative estimate of drug-likeness (QED) is 0.851. The summed E-state index contributed by atoms with van der Waals surface area (Å²) < 4.78 is 13.7. The molecule has 1 aromatic carbocycles. The highest BCUT2D eigenvalue weighted by molar-refractivity contribution is 5.82. The number of nitrogens with zero attached hydrogens (tertiary/aromatic N) is 1. The Kier molecular flexibility index (Phi) is 4.04. The molecule has 1 saturated carbocycles. The van der Waals surface area contributed by atoms with Gasteiger partial charge in [0.2, 0.25) is 5.91 Å². The van der Waals surface area contributed by atoms with Gasteiger partial charge in [-0.15, -0.1) is 0 Å². The van der Waals surface area contributed by atoms with Crippen LogP contribution in [0.1, 0.15) is 31.4 Å². The number of rotatable bonds is 5. The maximum Gasteiger partial charge on any atom is 0.239 e. The first kappa shape index (κ1) is 13.8. The fourth-order valence-corrected chi connectivity index (χ4v) is 2.07. The van der Waals surface area contributed by atoms with E-state index in [0.717, 1.165) is 12.8 Å². The van der Waals surface area contributed by atoms with Gasteiger partial charge in [0.1, 0.15) is 5.82 Å². The van der Waals surface area contributed by atoms with Crippen LogP contribution in [0.25, 0.3) is 0 Å². The Morgan fingerprint density at radius 3 is 2.84 bits per heavy atom. The molecular formula is C14H19FN2O2. The number of aliphatic hydroxyl groups excluding tert-OH is 1. The van der Waals surface area contributed by atoms with Crippen LogP contribution in [0.4, 0.5) is 10.1 Å². The summed E-state index contributed by atoms with van der Waals surface area (Å²) >= 11 is 0. The van der Waals surface area contributed by atoms with Gasteiger partial charge in [-0.25, -0.2) is 4.39 Å². The monoisotopic (exact) mass is 266 g/mol. The van der Waals surface area contributed by atoms with Crippen molar-refractivity contribution >= 4 is 11.6 Å². The molecule has 0 aromatic heterocycles. The van der Waals surface area contributed by atoms with Gasteiger partial charge in [0.05, 0.1) is 12.6 Å². The van der Waals surface area contributed by atoms with Crippen molar-refractivity contribution in [2.75, 3.05) is 18.5 Å². The molecule has 0 bridgehead atoms. The lowest BCUT2D eigenvalue weighted by Gasteiger charge is -2.23. The summed E-state index contributed by atoms with van der Waals surface area (Å²) in [5.41, 5.74) is 0.769. The van der Waals surface area contributed by atoms with Gasteiger partial charge < -0.3 is 15.3 Å². The summed E-state index contributed by atoms with van der Waals surface area (Å²) in [4.78, 5) is 13.4. The molecule has 1 atom stereocenters. The summed E-state index contributed by atoms with van der Waals surface area (Å²) in [5.74, 6) is -0.534. The molecule has 1 aliphatic rings. The number of aliphatic hydroxyl groups is 1. The number of likely N-dealkylation sites (N-methyl/N-ethyl adjacent to an activating group) is 1. The van der Waals surface area contributed by atoms with Crippen molar-refractivity contribution in [2.24, 2.45) is 0 Å². The summed E-state index contributed by atoms with van der Waals surface area (Å²) in [6, 6.07) is 4.90. The van der Waals surface area contributed by atoms with E-state index >= 15 is 0 Å². The molecule has 0 heterocycles. The molecule has 0 spiro atoms. The molecule has 1 fully saturated rings. The predicted molar refractivity (Wildman–Crippen MR) is 71.5 cm³/mol. The number of halogens is 1. The van der Waals surface area contributed by atoms with Crippen LogP contribution in [-0.2, 0) is 4.79 Å². The standard InChI is InChI=1S/C14H19FN2O2/c1-9(18)14-11(15)4-3-5-12(14)17(2)8-13(19)16-10-6-7-10/h3-5,9-10,18H,6-8H2,1-2H3,(H,16,19)/t9-/m1/s1. The van der Waals surface area contributed by atoms with Crippen LogP contribution < -0.4 is 10.2 Å². The van der Waals surface area contributed by atoms with Gasteiger partial charge in [-0.2, -0.15) is 0 Å². The van der Waals surface area contributed by atoms with E-state index in [4.69, 9.17) is 0 Å². The number of carbonyl (C=O) groups is 1. The fourth-order valence-electron chi connectivity index (χ4n) is 2.07. The van der Waals surface area contributed by atoms with Crippen LogP contribution in [0.15, 0.2) is 18.2 Å². The van der Waals surface area contributed by atoms with Crippen LogP contribution in [0.3, 0.4) is 0 Å². The summed E-state index contributed by atoms with van der Waals surface area (Å²) in [7, 11) is 1.72. The van der Waals surface area contributed by atoms with Crippen molar-refractivity contribution in [1.82, 2.24) is 5.32 Å². The molecule has 2 rings (SSSR count). The van der Waals surface area contributed by atoms with Crippen LogP contribution in [0.5, 0.6) is 0 Å². The third-order valence-electron chi connectivity index (χ3n) is 3.18. The number of amides is 1. The lowest BCUT2D eigenvalue weighted by atomic mass is 10.1. The van der Waals surface area contributed by atoms with Gasteiger partial charge in [0.25, 0.3) is 0 Å². The molecule has 0 radical (unpaired) electrons. The highest BCUT2D eigenvalue weighted by atomic mass is 19.1. The maximum atomic E-state index is 13.7. The summed E-state index contributed by atoms with van der Waals surface area (Å²) in [6.07, 6.45) is 1.16. The van der Waals surface area contributed by atoms with Crippen molar-refractivity contribution in [3.8, 4) is 0 Å². The molecule has 0 unspecified atom stereocenters. The van der Waals surface area contributed by atoms with Gasteiger partial charge in [0.15, 0.2) is 0 Å². The molecule has 4 nitrogen and oxygen atoms in total. The largest absolute Gasteiger partial charge is 0.389 e. The van der Waals surface area contributed by atoms with Gasteiger partial charge >= 0.3 is 0 Å². The topological polar surface area (TPSA) is 52.6 Å². The van der Waals surface area contributed by atoms with Crippen molar-refractivity contribution in [1.29, 1.82) is 0 Å². The van der Waals surface area contributed by atoms with Crippen molar-refractivity contribution in [3.05, 3.63) is 29.6 Å². The molecule has 1 aromatic rings. The molecular weight excluding hydrogens is 247 g/mol. The Bertz CT molecular complexity index is 473. The number of benzene rings is 1. The molecule has 2 N–H and O–H groups in total. The maximum absolute atomic E-state index is 13.7. The van der Waals surface area contributed by atoms with Gasteiger partial charge in [-0.3, -0.25) is 4.79 Å². The van der Waals surface area contributed by atoms with Crippen LogP contribution in [0.2, 0.25) is 0 Å². The second kappa shape index (κ2) is 5.57. The van der Waals surface area contributed by atoms with E-state index in [9.17, 15) is 14.3 Å². The average Bonchev–Trinajstić information content (AvgIpc) is 3.11. The Morgan fingerprint density at radius 2 is 2.26 bits per heavy atom. The Hall–Kier alpha value is -1.62. The van der Waals surface area contributed by atoms with E-state index in [0.29, 0.717) is 11.7 Å². The first-order valence-electron chi connectivity index (χ1n) is 6.46. The van der Waals surface area contributed by atoms with Crippen molar-refractivity contribution < 1.29 is 14.3 Å². The Morgan fingerprint density at radius 1 is 1.58 bits per heavy atom. The van der Waals surface area contributed by atoms with Crippen LogP contribution in [-0.4, -0.2) is 30.6 Å². The number of nitrogens with one attached hydrogen (secondary N) is 1. The number of carbonyl (C=O) groups excluding carboxylic acids is 1. The average molecular weight is 266 g/mol. The Balaban J connectivity index is 2.11. The molecule has 19 heavy (non-hydrogen) atoms. The Labute approximate surface area is 112 Å². The molecule has 0 saturated heterocycles. The van der Waals surface area contributed by atoms with E-state index in [1.165, 1.54) is 13.0 Å². The SMILES string of the molecule is C[C@@H](O)c1c(F)cccc1N(C)CC(=O)NC1CC1. The second-order valence-corrected chi connectivity index (χ2v) is 5.05. The van der Waals surface area contributed by atoms with Gasteiger partial charge in [0, 0.05) is 24.3 Å². The fraction of sp³-hybridized carbons (Fsp3) is 0.500. The van der Waals surface area contributed by atoms with Gasteiger partial charge in [-0.05, 0) is 31.9 Å². The smallest absolute Gasteiger partial charge is 0.239 e. The summed E-state index contributed by atoms with van der Waals surface area (Å²) in [5, 5.41) is 12.5. The minimum absolute atomic E-state index is 0.0780. The van der Waals surface area contributed by atoms with Crippen LogP contribution in [0, 0.1) is 5.82 Å². The second-order valence-electron chi connectivity index (χ2n) is 5.05. The molecule has 104 valence electrons. The van der Waals surface area contributed by atoms with E-state index in [2.05, 4.69) is 5.32 Å². The minimum Gasteiger partial charge on any atom is -0.389 e. The highest BCUT2D eigenvalue weighted by Gasteiger charge is 2.24. The zero-order valence-corrected chi connectivity index (χ0v) is 11.2. The molecule has 0 aliphatic heterocycles. The van der Waals surface area contributed by atoms with E-state index in [1.807, 2.05) is 0 Å². The number of anilines is 1. The molecule has 5 heteroatoms. The lowest BCUT2D eigenvalue weighted by Crippen LogP contribution is -2.36. The first-order valence-corrected chi connectivity index (χ1v) is 6.46. The van der Waals surface area contributed by atoms with Crippen molar-refractivity contribution in [2.45, 2.75) is 31.9 Å². The lowest BCUT2D eigenvalue weighted by molar-refractivity contribution is -0.119. The van der Waals surface area contributed by atoms with Crippen LogP contribution >= 0.6 is 0 Å². The normalized spacial score (nSPS) is 16.0. The third-order valence-corrected chi connectivity index (χ3v) is 3.18. The van der Waals surface area contributed by atoms with Gasteiger partial charge in [-0.1, -0.05) is 6.07 Å². The summed E-state index contributed by atoms with van der Waals surface area (Å²) in [6.45, 7) is 1.67. The first-order chi connectivity index (χ1) is 8.99. The number of hydrogen-bond acceptors (Lipinski definition) is 3. The highest BCUT2D eigenvalue weighted by Crippen LogP contribution is 2.28. The predicted octanol–water partition coefficient (Wildman–Crippen LogP) is 1.59. The van der Waals surface area contributed by atoms with E-state index < -0.39 is 11.9 Å². The van der Waals surface area contributed by atoms with E-state index in [-0.39, 0.29) is 18.0 Å². The zero-order chi connectivity index (χ0) is 14.0. The van der Waals surface area contributed by atoms with Crippen molar-refractivity contribution in [3.63, 3.8) is 0 Å². The molecule has 1 aliphatic carbocycles. The molecule has 1 amide bonds. The zero-order valence-electron chi connectivity index (χ0n) is 11.2. The minimum atomic E-state index is -0.912. The third kappa shape index (κ3) is 3.44. The van der Waals surface area contributed by atoms with E-state index in [1.54, 1.807) is 24.1 Å². The number of hydrogen-bond donors (Lipinski definition) is 2.